The molecule has 0 bridgehead atoms. The summed E-state index contributed by atoms with van der Waals surface area (Å²) in [5.74, 6) is 0. The molecular weight excluding hydrogens is 188 g/mol. The molecule has 1 N–H and O–H groups in total. The molecule has 84 valence electrons. The monoisotopic (exact) mass is 207 g/mol. The Labute approximate surface area is 83.9 Å². The average Bonchev–Trinajstić information content (AvgIpc) is 2.52. The summed E-state index contributed by atoms with van der Waals surface area (Å²) in [5.41, 5.74) is -0.107. The molecule has 1 aliphatic carbocycles. The number of hydrogen-bond acceptors (Lipinski definition) is 2. The van der Waals surface area contributed by atoms with E-state index >= 15 is 0 Å². The summed E-state index contributed by atoms with van der Waals surface area (Å²) in [6, 6.07) is 0. The predicted octanol–water partition coefficient (Wildman–Crippen LogP) is 1.74. The van der Waals surface area contributed by atoms with Gasteiger partial charge in [-0.3, -0.25) is 0 Å². The van der Waals surface area contributed by atoms with E-state index in [4.69, 9.17) is 0 Å². The van der Waals surface area contributed by atoms with E-state index in [9.17, 15) is 13.9 Å². The Morgan fingerprint density at radius 3 is 2.36 bits per heavy atom. The van der Waals surface area contributed by atoms with Crippen molar-refractivity contribution in [1.29, 1.82) is 0 Å². The fourth-order valence-electron chi connectivity index (χ4n) is 2.36. The zero-order chi connectivity index (χ0) is 10.6. The minimum atomic E-state index is -2.28. The van der Waals surface area contributed by atoms with Crippen LogP contribution in [0.25, 0.3) is 0 Å². The molecule has 1 aliphatic rings. The number of aliphatic hydroxyl groups is 1. The first-order valence-corrected chi connectivity index (χ1v) is 5.15. The van der Waals surface area contributed by atoms with E-state index in [1.807, 2.05) is 0 Å². The summed E-state index contributed by atoms with van der Waals surface area (Å²) in [6.07, 6.45) is 1.89. The highest BCUT2D eigenvalue weighted by atomic mass is 19.3. The Morgan fingerprint density at radius 2 is 1.93 bits per heavy atom. The van der Waals surface area contributed by atoms with Crippen LogP contribution in [0.4, 0.5) is 8.78 Å². The molecule has 0 atom stereocenters. The molecule has 1 rings (SSSR count). The van der Waals surface area contributed by atoms with Crippen LogP contribution in [-0.2, 0) is 0 Å². The van der Waals surface area contributed by atoms with Crippen LogP contribution >= 0.6 is 0 Å². The minimum absolute atomic E-state index is 0.107. The maximum absolute atomic E-state index is 12.1. The van der Waals surface area contributed by atoms with Crippen molar-refractivity contribution in [3.8, 4) is 0 Å². The van der Waals surface area contributed by atoms with Crippen LogP contribution < -0.4 is 0 Å². The number of halogens is 2. The lowest BCUT2D eigenvalue weighted by Gasteiger charge is -2.31. The van der Waals surface area contributed by atoms with Crippen molar-refractivity contribution in [2.45, 2.75) is 32.1 Å². The molecule has 0 aromatic carbocycles. The molecule has 0 aromatic rings. The second-order valence-corrected chi connectivity index (χ2v) is 4.45. The molecule has 14 heavy (non-hydrogen) atoms. The highest BCUT2D eigenvalue weighted by Gasteiger charge is 2.34. The van der Waals surface area contributed by atoms with Gasteiger partial charge in [0.25, 0.3) is 6.43 Å². The van der Waals surface area contributed by atoms with Crippen molar-refractivity contribution in [3.05, 3.63) is 0 Å². The standard InChI is InChI=1S/C10H19F2NO/c1-13(6-9(11)12)7-10(8-14)4-2-3-5-10/h9,14H,2-8H2,1H3. The van der Waals surface area contributed by atoms with E-state index in [0.29, 0.717) is 6.54 Å². The van der Waals surface area contributed by atoms with E-state index in [0.717, 1.165) is 25.7 Å². The van der Waals surface area contributed by atoms with Crippen molar-refractivity contribution in [3.63, 3.8) is 0 Å². The van der Waals surface area contributed by atoms with Crippen LogP contribution in [0.3, 0.4) is 0 Å². The summed E-state index contributed by atoms with van der Waals surface area (Å²) in [5, 5.41) is 9.29. The minimum Gasteiger partial charge on any atom is -0.396 e. The number of hydrogen-bond donors (Lipinski definition) is 1. The van der Waals surface area contributed by atoms with Crippen molar-refractivity contribution >= 4 is 0 Å². The van der Waals surface area contributed by atoms with Crippen LogP contribution in [0.2, 0.25) is 0 Å². The lowest BCUT2D eigenvalue weighted by atomic mass is 9.87. The number of rotatable bonds is 5. The third kappa shape index (κ3) is 3.17. The Balaban J connectivity index is 2.39. The van der Waals surface area contributed by atoms with Gasteiger partial charge >= 0.3 is 0 Å². The molecule has 1 saturated carbocycles. The first-order chi connectivity index (χ1) is 6.58. The summed E-state index contributed by atoms with van der Waals surface area (Å²) in [4.78, 5) is 1.63. The van der Waals surface area contributed by atoms with E-state index < -0.39 is 6.43 Å². The van der Waals surface area contributed by atoms with Gasteiger partial charge in [-0.2, -0.15) is 0 Å². The molecule has 0 aliphatic heterocycles. The van der Waals surface area contributed by atoms with Gasteiger partial charge in [0.1, 0.15) is 0 Å². The SMILES string of the molecule is CN(CC(F)F)CC1(CO)CCCC1. The van der Waals surface area contributed by atoms with Crippen LogP contribution in [0.15, 0.2) is 0 Å². The fourth-order valence-corrected chi connectivity index (χ4v) is 2.36. The summed E-state index contributed by atoms with van der Waals surface area (Å²) >= 11 is 0. The van der Waals surface area contributed by atoms with Gasteiger partial charge < -0.3 is 10.0 Å². The Morgan fingerprint density at radius 1 is 1.36 bits per heavy atom. The van der Waals surface area contributed by atoms with Gasteiger partial charge in [0.2, 0.25) is 0 Å². The molecule has 0 amide bonds. The first-order valence-electron chi connectivity index (χ1n) is 5.15. The largest absolute Gasteiger partial charge is 0.396 e. The molecule has 0 spiro atoms. The maximum atomic E-state index is 12.1. The van der Waals surface area contributed by atoms with Gasteiger partial charge in [-0.05, 0) is 19.9 Å². The molecule has 0 aromatic heterocycles. The quantitative estimate of drug-likeness (QED) is 0.742. The summed E-state index contributed by atoms with van der Waals surface area (Å²) < 4.78 is 24.2. The van der Waals surface area contributed by atoms with Crippen LogP contribution in [0.1, 0.15) is 25.7 Å². The second-order valence-electron chi connectivity index (χ2n) is 4.45. The maximum Gasteiger partial charge on any atom is 0.251 e. The average molecular weight is 207 g/mol. The van der Waals surface area contributed by atoms with Crippen LogP contribution in [0, 0.1) is 5.41 Å². The molecular formula is C10H19F2NO. The normalized spacial score (nSPS) is 21.0. The molecule has 0 unspecified atom stereocenters. The van der Waals surface area contributed by atoms with Gasteiger partial charge in [0.15, 0.2) is 0 Å². The second kappa shape index (κ2) is 5.03. The van der Waals surface area contributed by atoms with Gasteiger partial charge in [-0.1, -0.05) is 12.8 Å². The Kier molecular flexibility index (Phi) is 4.26. The first kappa shape index (κ1) is 11.9. The van der Waals surface area contributed by atoms with Crippen molar-refractivity contribution in [2.24, 2.45) is 5.41 Å². The molecule has 0 saturated heterocycles. The Bertz CT molecular complexity index is 170. The molecule has 0 heterocycles. The van der Waals surface area contributed by atoms with Crippen LogP contribution in [-0.4, -0.2) is 43.2 Å². The zero-order valence-corrected chi connectivity index (χ0v) is 8.68. The smallest absolute Gasteiger partial charge is 0.251 e. The topological polar surface area (TPSA) is 23.5 Å². The van der Waals surface area contributed by atoms with E-state index in [1.165, 1.54) is 0 Å². The number of nitrogens with zero attached hydrogens (tertiary/aromatic N) is 1. The number of alkyl halides is 2. The third-order valence-corrected chi connectivity index (χ3v) is 3.05. The third-order valence-electron chi connectivity index (χ3n) is 3.05. The van der Waals surface area contributed by atoms with Gasteiger partial charge in [-0.15, -0.1) is 0 Å². The van der Waals surface area contributed by atoms with Crippen molar-refractivity contribution < 1.29 is 13.9 Å². The fraction of sp³-hybridized carbons (Fsp3) is 1.00. The molecule has 2 nitrogen and oxygen atoms in total. The number of aliphatic hydroxyl groups excluding tert-OH is 1. The lowest BCUT2D eigenvalue weighted by Crippen LogP contribution is -2.38. The lowest BCUT2D eigenvalue weighted by molar-refractivity contribution is 0.0502. The highest BCUT2D eigenvalue weighted by Crippen LogP contribution is 2.38. The zero-order valence-electron chi connectivity index (χ0n) is 8.68. The van der Waals surface area contributed by atoms with Gasteiger partial charge in [0, 0.05) is 18.6 Å². The Hall–Kier alpha value is -0.220. The summed E-state index contributed by atoms with van der Waals surface area (Å²) in [6.45, 7) is 0.524. The van der Waals surface area contributed by atoms with Crippen LogP contribution in [0.5, 0.6) is 0 Å². The summed E-state index contributed by atoms with van der Waals surface area (Å²) in [7, 11) is 1.70. The van der Waals surface area contributed by atoms with Crippen molar-refractivity contribution in [2.75, 3.05) is 26.7 Å². The predicted molar refractivity (Wildman–Crippen MR) is 51.5 cm³/mol. The highest BCUT2D eigenvalue weighted by molar-refractivity contribution is 4.86. The molecule has 4 heteroatoms. The molecule has 0 radical (unpaired) electrons. The molecule has 1 fully saturated rings. The van der Waals surface area contributed by atoms with Crippen molar-refractivity contribution in [1.82, 2.24) is 4.90 Å². The van der Waals surface area contributed by atoms with E-state index in [-0.39, 0.29) is 18.6 Å². The van der Waals surface area contributed by atoms with E-state index in [1.54, 1.807) is 11.9 Å². The van der Waals surface area contributed by atoms with Gasteiger partial charge in [0.05, 0.1) is 6.54 Å². The van der Waals surface area contributed by atoms with Gasteiger partial charge in [-0.25, -0.2) is 8.78 Å². The van der Waals surface area contributed by atoms with E-state index in [2.05, 4.69) is 0 Å².